The SMILES string of the molecule is O=c1ccc2c([nH]1)CCCC2Nc1nccc(C(F)(F)F)n1. The Bertz CT molecular complexity index is 741. The van der Waals surface area contributed by atoms with E-state index in [2.05, 4.69) is 20.3 Å². The molecule has 0 fully saturated rings. The van der Waals surface area contributed by atoms with Crippen LogP contribution in [0, 0.1) is 0 Å². The van der Waals surface area contributed by atoms with Gasteiger partial charge in [0, 0.05) is 18.0 Å². The summed E-state index contributed by atoms with van der Waals surface area (Å²) in [6.07, 6.45) is -1.13. The Kier molecular flexibility index (Phi) is 3.59. The first-order valence-electron chi connectivity index (χ1n) is 6.82. The molecule has 1 unspecified atom stereocenters. The number of H-pyrrole nitrogens is 1. The number of rotatable bonds is 2. The molecule has 5 nitrogen and oxygen atoms in total. The first-order chi connectivity index (χ1) is 10.4. The average Bonchev–Trinajstić information content (AvgIpc) is 2.46. The minimum Gasteiger partial charge on any atom is -0.347 e. The Balaban J connectivity index is 1.88. The second-order valence-corrected chi connectivity index (χ2v) is 5.11. The molecule has 2 aromatic rings. The Morgan fingerprint density at radius 3 is 2.86 bits per heavy atom. The summed E-state index contributed by atoms with van der Waals surface area (Å²) in [6, 6.07) is 3.71. The van der Waals surface area contributed by atoms with Crippen LogP contribution < -0.4 is 10.9 Å². The number of pyridine rings is 1. The zero-order chi connectivity index (χ0) is 15.7. The molecule has 0 saturated heterocycles. The molecule has 2 heterocycles. The highest BCUT2D eigenvalue weighted by atomic mass is 19.4. The second kappa shape index (κ2) is 5.43. The van der Waals surface area contributed by atoms with Crippen molar-refractivity contribution < 1.29 is 13.2 Å². The van der Waals surface area contributed by atoms with E-state index in [0.717, 1.165) is 42.8 Å². The molecule has 22 heavy (non-hydrogen) atoms. The number of nitrogens with zero attached hydrogens (tertiary/aromatic N) is 2. The molecule has 0 aromatic carbocycles. The molecule has 2 aromatic heterocycles. The van der Waals surface area contributed by atoms with Gasteiger partial charge in [-0.05, 0) is 37.0 Å². The monoisotopic (exact) mass is 310 g/mol. The van der Waals surface area contributed by atoms with Crippen molar-refractivity contribution in [3.63, 3.8) is 0 Å². The zero-order valence-corrected chi connectivity index (χ0v) is 11.4. The number of anilines is 1. The van der Waals surface area contributed by atoms with Gasteiger partial charge in [0.15, 0.2) is 0 Å². The zero-order valence-electron chi connectivity index (χ0n) is 11.4. The van der Waals surface area contributed by atoms with Gasteiger partial charge in [0.2, 0.25) is 11.5 Å². The van der Waals surface area contributed by atoms with Crippen LogP contribution in [0.2, 0.25) is 0 Å². The van der Waals surface area contributed by atoms with Gasteiger partial charge in [-0.15, -0.1) is 0 Å². The van der Waals surface area contributed by atoms with Crippen molar-refractivity contribution in [2.45, 2.75) is 31.5 Å². The Morgan fingerprint density at radius 1 is 1.27 bits per heavy atom. The quantitative estimate of drug-likeness (QED) is 0.894. The summed E-state index contributed by atoms with van der Waals surface area (Å²) >= 11 is 0. The number of alkyl halides is 3. The Hall–Kier alpha value is -2.38. The molecule has 2 N–H and O–H groups in total. The van der Waals surface area contributed by atoms with Gasteiger partial charge in [0.05, 0.1) is 6.04 Å². The summed E-state index contributed by atoms with van der Waals surface area (Å²) in [5.41, 5.74) is 0.507. The predicted molar refractivity (Wildman–Crippen MR) is 73.4 cm³/mol. The third-order valence-corrected chi connectivity index (χ3v) is 3.58. The molecular weight excluding hydrogens is 297 g/mol. The van der Waals surface area contributed by atoms with Crippen molar-refractivity contribution in [2.75, 3.05) is 5.32 Å². The van der Waals surface area contributed by atoms with E-state index in [9.17, 15) is 18.0 Å². The van der Waals surface area contributed by atoms with Crippen LogP contribution in [0.3, 0.4) is 0 Å². The number of hydrogen-bond acceptors (Lipinski definition) is 4. The van der Waals surface area contributed by atoms with Crippen LogP contribution in [0.1, 0.15) is 35.8 Å². The third-order valence-electron chi connectivity index (χ3n) is 3.58. The van der Waals surface area contributed by atoms with Gasteiger partial charge in [0.25, 0.3) is 0 Å². The molecule has 0 aliphatic heterocycles. The van der Waals surface area contributed by atoms with Crippen LogP contribution in [0.5, 0.6) is 0 Å². The third kappa shape index (κ3) is 2.95. The molecule has 1 atom stereocenters. The lowest BCUT2D eigenvalue weighted by atomic mass is 9.91. The normalized spacial score (nSPS) is 17.9. The van der Waals surface area contributed by atoms with E-state index >= 15 is 0 Å². The maximum absolute atomic E-state index is 12.7. The number of aryl methyl sites for hydroxylation is 1. The molecule has 1 aliphatic carbocycles. The van der Waals surface area contributed by atoms with Crippen LogP contribution in [-0.4, -0.2) is 15.0 Å². The number of halogens is 3. The molecule has 0 spiro atoms. The van der Waals surface area contributed by atoms with Gasteiger partial charge in [-0.1, -0.05) is 0 Å². The lowest BCUT2D eigenvalue weighted by Gasteiger charge is -2.26. The fourth-order valence-corrected chi connectivity index (χ4v) is 2.59. The highest BCUT2D eigenvalue weighted by molar-refractivity contribution is 5.36. The lowest BCUT2D eigenvalue weighted by molar-refractivity contribution is -0.141. The van der Waals surface area contributed by atoms with Gasteiger partial charge in [-0.3, -0.25) is 4.79 Å². The van der Waals surface area contributed by atoms with Crippen LogP contribution in [-0.2, 0) is 12.6 Å². The first kappa shape index (κ1) is 14.6. The van der Waals surface area contributed by atoms with Crippen LogP contribution in [0.4, 0.5) is 19.1 Å². The maximum Gasteiger partial charge on any atom is 0.433 e. The summed E-state index contributed by atoms with van der Waals surface area (Å²) < 4.78 is 38.0. The molecule has 0 radical (unpaired) electrons. The van der Waals surface area contributed by atoms with Crippen molar-refractivity contribution in [3.05, 3.63) is 51.7 Å². The summed E-state index contributed by atoms with van der Waals surface area (Å²) in [7, 11) is 0. The van der Waals surface area contributed by atoms with Gasteiger partial charge >= 0.3 is 6.18 Å². The van der Waals surface area contributed by atoms with Crippen molar-refractivity contribution in [2.24, 2.45) is 0 Å². The Morgan fingerprint density at radius 2 is 2.09 bits per heavy atom. The molecule has 0 amide bonds. The number of nitrogens with one attached hydrogen (secondary N) is 2. The van der Waals surface area contributed by atoms with E-state index in [-0.39, 0.29) is 17.5 Å². The number of aromatic nitrogens is 3. The first-order valence-corrected chi connectivity index (χ1v) is 6.82. The molecule has 8 heteroatoms. The molecule has 116 valence electrons. The second-order valence-electron chi connectivity index (χ2n) is 5.11. The maximum atomic E-state index is 12.7. The fourth-order valence-electron chi connectivity index (χ4n) is 2.59. The minimum absolute atomic E-state index is 0.0705. The summed E-state index contributed by atoms with van der Waals surface area (Å²) in [6.45, 7) is 0. The van der Waals surface area contributed by atoms with E-state index in [1.54, 1.807) is 6.07 Å². The lowest BCUT2D eigenvalue weighted by Crippen LogP contribution is -2.22. The number of fused-ring (bicyclic) bond motifs is 1. The molecule has 0 saturated carbocycles. The van der Waals surface area contributed by atoms with Crippen molar-refractivity contribution in [1.82, 2.24) is 15.0 Å². The van der Waals surface area contributed by atoms with Gasteiger partial charge in [-0.2, -0.15) is 13.2 Å². The summed E-state index contributed by atoms with van der Waals surface area (Å²) in [5, 5.41) is 2.92. The molecular formula is C14H13F3N4O. The van der Waals surface area contributed by atoms with Crippen molar-refractivity contribution in [3.8, 4) is 0 Å². The van der Waals surface area contributed by atoms with E-state index in [4.69, 9.17) is 0 Å². The largest absolute Gasteiger partial charge is 0.433 e. The van der Waals surface area contributed by atoms with E-state index < -0.39 is 11.9 Å². The van der Waals surface area contributed by atoms with Crippen molar-refractivity contribution >= 4 is 5.95 Å². The molecule has 3 rings (SSSR count). The van der Waals surface area contributed by atoms with E-state index in [0.29, 0.717) is 0 Å². The number of aromatic amines is 1. The molecule has 1 aliphatic rings. The number of hydrogen-bond donors (Lipinski definition) is 2. The average molecular weight is 310 g/mol. The van der Waals surface area contributed by atoms with Crippen LogP contribution in [0.15, 0.2) is 29.2 Å². The van der Waals surface area contributed by atoms with Gasteiger partial charge < -0.3 is 10.3 Å². The van der Waals surface area contributed by atoms with Gasteiger partial charge in [0.1, 0.15) is 5.69 Å². The minimum atomic E-state index is -4.50. The fraction of sp³-hybridized carbons (Fsp3) is 0.357. The molecule has 0 bridgehead atoms. The van der Waals surface area contributed by atoms with Crippen LogP contribution in [0.25, 0.3) is 0 Å². The van der Waals surface area contributed by atoms with E-state index in [1.165, 1.54) is 6.07 Å². The smallest absolute Gasteiger partial charge is 0.347 e. The highest BCUT2D eigenvalue weighted by Gasteiger charge is 2.33. The summed E-state index contributed by atoms with van der Waals surface area (Å²) in [5.74, 6) is -0.0705. The standard InChI is InChI=1S/C14H13F3N4O/c15-14(16,17)11-6-7-18-13(21-11)20-10-3-1-2-9-8(10)4-5-12(22)19-9/h4-7,10H,1-3H2,(H,19,22)(H,18,20,21). The Labute approximate surface area is 123 Å². The van der Waals surface area contributed by atoms with Crippen molar-refractivity contribution in [1.29, 1.82) is 0 Å². The highest BCUT2D eigenvalue weighted by Crippen LogP contribution is 2.31. The predicted octanol–water partition coefficient (Wildman–Crippen LogP) is 2.67. The van der Waals surface area contributed by atoms with Crippen LogP contribution >= 0.6 is 0 Å². The van der Waals surface area contributed by atoms with Gasteiger partial charge in [-0.25, -0.2) is 9.97 Å². The van der Waals surface area contributed by atoms with E-state index in [1.807, 2.05) is 0 Å². The topological polar surface area (TPSA) is 70.7 Å². The summed E-state index contributed by atoms with van der Waals surface area (Å²) in [4.78, 5) is 21.5.